The van der Waals surface area contributed by atoms with Crippen LogP contribution in [0, 0.1) is 0 Å². The Morgan fingerprint density at radius 2 is 0.974 bits per heavy atom. The van der Waals surface area contributed by atoms with Crippen molar-refractivity contribution in [3.8, 4) is 11.5 Å². The molecule has 0 saturated heterocycles. The van der Waals surface area contributed by atoms with Crippen molar-refractivity contribution in [1.29, 1.82) is 0 Å². The molecule has 2 aliphatic carbocycles. The van der Waals surface area contributed by atoms with Gasteiger partial charge in [0.25, 0.3) is 0 Å². The van der Waals surface area contributed by atoms with E-state index in [2.05, 4.69) is 44.0 Å². The van der Waals surface area contributed by atoms with Crippen LogP contribution in [-0.2, 0) is 9.59 Å². The summed E-state index contributed by atoms with van der Waals surface area (Å²) in [6.07, 6.45) is 14.9. The maximum Gasteiger partial charge on any atom is 0.341 e. The molecule has 0 atom stereocenters. The van der Waals surface area contributed by atoms with Crippen LogP contribution in [0.1, 0.15) is 100 Å². The Morgan fingerprint density at radius 1 is 0.632 bits per heavy atom. The summed E-state index contributed by atoms with van der Waals surface area (Å²) in [5.74, 6) is 0.548. The molecule has 0 unspecified atom stereocenters. The fraction of sp³-hybridized carbons (Fsp3) is 0.533. The van der Waals surface area contributed by atoms with Crippen molar-refractivity contribution in [1.82, 2.24) is 0 Å². The minimum Gasteiger partial charge on any atom is -0.482 e. The minimum absolute atomic E-state index is 0.276. The van der Waals surface area contributed by atoms with Crippen LogP contribution in [0.5, 0.6) is 11.5 Å². The second-order valence-electron chi connectivity index (χ2n) is 10.1. The maximum absolute atomic E-state index is 10.6. The van der Waals surface area contributed by atoms with Gasteiger partial charge >= 0.3 is 11.9 Å². The third-order valence-electron chi connectivity index (χ3n) is 7.24. The molecule has 6 nitrogen and oxygen atoms in total. The van der Waals surface area contributed by atoms with E-state index in [1.807, 2.05) is 24.3 Å². The zero-order valence-corrected chi connectivity index (χ0v) is 25.0. The molecule has 2 saturated carbocycles. The Labute approximate surface area is 242 Å². The zero-order chi connectivity index (χ0) is 27.3. The predicted molar refractivity (Wildman–Crippen MR) is 155 cm³/mol. The standard InChI is InChI=1S/2C15H19BrO3/c2*16-12-7-8-14(19-10-15(17)18)13(9-12)11-5-3-1-2-4-6-11/h2*7-9,11H,1-6,10H2,(H,17,18). The number of halogens is 2. The van der Waals surface area contributed by atoms with Crippen molar-refractivity contribution in [2.75, 3.05) is 13.2 Å². The summed E-state index contributed by atoms with van der Waals surface area (Å²) in [5.41, 5.74) is 2.30. The molecule has 0 aromatic heterocycles. The molecule has 2 aromatic carbocycles. The van der Waals surface area contributed by atoms with Gasteiger partial charge in [-0.2, -0.15) is 0 Å². The first-order valence-electron chi connectivity index (χ1n) is 13.6. The van der Waals surface area contributed by atoms with Crippen molar-refractivity contribution >= 4 is 43.8 Å². The number of benzene rings is 2. The molecule has 8 heteroatoms. The Kier molecular flexibility index (Phi) is 12.9. The second kappa shape index (κ2) is 16.1. The van der Waals surface area contributed by atoms with Crippen LogP contribution in [0.25, 0.3) is 0 Å². The lowest BCUT2D eigenvalue weighted by Gasteiger charge is -2.19. The van der Waals surface area contributed by atoms with Crippen LogP contribution in [0.3, 0.4) is 0 Å². The highest BCUT2D eigenvalue weighted by atomic mass is 79.9. The van der Waals surface area contributed by atoms with Crippen LogP contribution < -0.4 is 9.47 Å². The van der Waals surface area contributed by atoms with Gasteiger partial charge < -0.3 is 19.7 Å². The van der Waals surface area contributed by atoms with E-state index < -0.39 is 11.9 Å². The van der Waals surface area contributed by atoms with E-state index in [4.69, 9.17) is 19.7 Å². The average molecular weight is 654 g/mol. The van der Waals surface area contributed by atoms with Crippen LogP contribution in [0.4, 0.5) is 0 Å². The van der Waals surface area contributed by atoms with Crippen molar-refractivity contribution < 1.29 is 29.3 Å². The lowest BCUT2D eigenvalue weighted by molar-refractivity contribution is -0.140. The molecular formula is C30H38Br2O6. The van der Waals surface area contributed by atoms with E-state index in [1.54, 1.807) is 0 Å². The van der Waals surface area contributed by atoms with Gasteiger partial charge in [-0.1, -0.05) is 83.2 Å². The van der Waals surface area contributed by atoms with E-state index in [-0.39, 0.29) is 13.2 Å². The lowest BCUT2D eigenvalue weighted by Crippen LogP contribution is -2.11. The van der Waals surface area contributed by atoms with Gasteiger partial charge in [-0.3, -0.25) is 0 Å². The van der Waals surface area contributed by atoms with Crippen LogP contribution in [0.2, 0.25) is 0 Å². The number of aliphatic carboxylic acids is 2. The van der Waals surface area contributed by atoms with E-state index in [0.29, 0.717) is 11.8 Å². The van der Waals surface area contributed by atoms with Gasteiger partial charge in [0.1, 0.15) is 11.5 Å². The summed E-state index contributed by atoms with van der Waals surface area (Å²) in [4.78, 5) is 21.3. The molecule has 2 aromatic rings. The summed E-state index contributed by atoms with van der Waals surface area (Å²) >= 11 is 6.98. The second-order valence-corrected chi connectivity index (χ2v) is 11.9. The minimum atomic E-state index is -0.935. The first-order valence-corrected chi connectivity index (χ1v) is 15.2. The van der Waals surface area contributed by atoms with Gasteiger partial charge in [0, 0.05) is 8.95 Å². The smallest absolute Gasteiger partial charge is 0.341 e. The molecule has 2 N–H and O–H groups in total. The first kappa shape index (κ1) is 30.5. The van der Waals surface area contributed by atoms with Gasteiger partial charge in [-0.25, -0.2) is 9.59 Å². The number of hydrogen-bond acceptors (Lipinski definition) is 4. The maximum atomic E-state index is 10.6. The molecule has 0 amide bonds. The van der Waals surface area contributed by atoms with Gasteiger partial charge in [0.2, 0.25) is 0 Å². The first-order chi connectivity index (χ1) is 18.3. The fourth-order valence-electron chi connectivity index (χ4n) is 5.40. The SMILES string of the molecule is O=C(O)COc1ccc(Br)cc1C1CCCCCC1.O=C(O)COc1ccc(Br)cc1C1CCCCCC1. The third kappa shape index (κ3) is 10.3. The van der Waals surface area contributed by atoms with Gasteiger partial charge in [-0.15, -0.1) is 0 Å². The molecule has 2 aliphatic rings. The largest absolute Gasteiger partial charge is 0.482 e. The number of carbonyl (C=O) groups is 2. The van der Waals surface area contributed by atoms with Crippen molar-refractivity contribution in [3.05, 3.63) is 56.5 Å². The normalized spacial score (nSPS) is 16.9. The predicted octanol–water partition coefficient (Wildman–Crippen LogP) is 8.70. The summed E-state index contributed by atoms with van der Waals surface area (Å²) in [6, 6.07) is 11.7. The Hall–Kier alpha value is -2.06. The monoisotopic (exact) mass is 652 g/mol. The lowest BCUT2D eigenvalue weighted by atomic mass is 9.91. The number of ether oxygens (including phenoxy) is 2. The van der Waals surface area contributed by atoms with Crippen molar-refractivity contribution in [3.63, 3.8) is 0 Å². The van der Waals surface area contributed by atoms with Crippen molar-refractivity contribution in [2.45, 2.75) is 88.9 Å². The summed E-state index contributed by atoms with van der Waals surface area (Å²) < 4.78 is 12.9. The Balaban J connectivity index is 0.000000211. The molecule has 38 heavy (non-hydrogen) atoms. The molecule has 0 heterocycles. The molecule has 4 rings (SSSR count). The summed E-state index contributed by atoms with van der Waals surface area (Å²) in [6.45, 7) is -0.553. The molecule has 0 radical (unpaired) electrons. The topological polar surface area (TPSA) is 93.1 Å². The summed E-state index contributed by atoms with van der Waals surface area (Å²) in [5, 5.41) is 17.5. The Bertz CT molecular complexity index is 958. The van der Waals surface area contributed by atoms with E-state index in [0.717, 1.165) is 31.6 Å². The highest BCUT2D eigenvalue weighted by molar-refractivity contribution is 9.10. The molecule has 0 spiro atoms. The summed E-state index contributed by atoms with van der Waals surface area (Å²) in [7, 11) is 0. The van der Waals surface area contributed by atoms with E-state index >= 15 is 0 Å². The molecule has 0 bridgehead atoms. The van der Waals surface area contributed by atoms with Crippen LogP contribution in [0.15, 0.2) is 45.3 Å². The van der Waals surface area contributed by atoms with Gasteiger partial charge in [0.05, 0.1) is 0 Å². The molecule has 0 aliphatic heterocycles. The number of carboxylic acids is 2. The van der Waals surface area contributed by atoms with Crippen molar-refractivity contribution in [2.24, 2.45) is 0 Å². The third-order valence-corrected chi connectivity index (χ3v) is 8.22. The van der Waals surface area contributed by atoms with E-state index in [9.17, 15) is 9.59 Å². The highest BCUT2D eigenvalue weighted by Gasteiger charge is 2.20. The zero-order valence-electron chi connectivity index (χ0n) is 21.8. The average Bonchev–Trinajstić information content (AvgIpc) is 3.33. The molecular weight excluding hydrogens is 616 g/mol. The molecule has 2 fully saturated rings. The van der Waals surface area contributed by atoms with Crippen LogP contribution in [-0.4, -0.2) is 35.4 Å². The Morgan fingerprint density at radius 3 is 1.29 bits per heavy atom. The molecule has 208 valence electrons. The number of rotatable bonds is 8. The van der Waals surface area contributed by atoms with E-state index in [1.165, 1.54) is 77.0 Å². The van der Waals surface area contributed by atoms with Gasteiger partial charge in [-0.05, 0) is 85.0 Å². The quantitative estimate of drug-likeness (QED) is 0.277. The fourth-order valence-corrected chi connectivity index (χ4v) is 6.16. The number of hydrogen-bond donors (Lipinski definition) is 2. The van der Waals surface area contributed by atoms with Crippen LogP contribution >= 0.6 is 31.9 Å². The number of carboxylic acid groups (broad SMARTS) is 2. The highest BCUT2D eigenvalue weighted by Crippen LogP contribution is 2.39. The van der Waals surface area contributed by atoms with Gasteiger partial charge in [0.15, 0.2) is 13.2 Å².